The fraction of sp³-hybridized carbons (Fsp3) is 0.765. The van der Waals surface area contributed by atoms with E-state index in [9.17, 15) is 29.4 Å². The summed E-state index contributed by atoms with van der Waals surface area (Å²) < 4.78 is 0. The Labute approximate surface area is 162 Å². The van der Waals surface area contributed by atoms with Gasteiger partial charge in [-0.05, 0) is 32.6 Å². The molecular formula is C17H28N4O7. The summed E-state index contributed by atoms with van der Waals surface area (Å²) in [6, 6.07) is -4.31. The SMILES string of the molecule is C[C@@H](O)[C@H](NC(=O)[C@@H](N)CO)C(=O)N1CCC[C@H]1C(=O)N1CCC[C@H]1C(=O)O. The molecule has 2 saturated heterocycles. The van der Waals surface area contributed by atoms with Crippen molar-refractivity contribution in [3.63, 3.8) is 0 Å². The van der Waals surface area contributed by atoms with Crippen LogP contribution in [0.3, 0.4) is 0 Å². The number of carboxylic acids is 1. The monoisotopic (exact) mass is 400 g/mol. The molecule has 11 heteroatoms. The molecule has 2 fully saturated rings. The minimum Gasteiger partial charge on any atom is -0.480 e. The highest BCUT2D eigenvalue weighted by Gasteiger charge is 2.44. The smallest absolute Gasteiger partial charge is 0.326 e. The molecule has 0 saturated carbocycles. The number of hydrogen-bond acceptors (Lipinski definition) is 7. The average Bonchev–Trinajstić information content (AvgIpc) is 3.33. The van der Waals surface area contributed by atoms with E-state index in [1.54, 1.807) is 0 Å². The highest BCUT2D eigenvalue weighted by molar-refractivity contribution is 5.95. The number of aliphatic carboxylic acids is 1. The van der Waals surface area contributed by atoms with Crippen LogP contribution < -0.4 is 11.1 Å². The van der Waals surface area contributed by atoms with Crippen molar-refractivity contribution in [1.29, 1.82) is 0 Å². The van der Waals surface area contributed by atoms with Crippen LogP contribution in [0.25, 0.3) is 0 Å². The van der Waals surface area contributed by atoms with Gasteiger partial charge in [0.15, 0.2) is 0 Å². The minimum absolute atomic E-state index is 0.256. The number of carboxylic acid groups (broad SMARTS) is 1. The third-order valence-electron chi connectivity index (χ3n) is 5.22. The van der Waals surface area contributed by atoms with E-state index in [1.165, 1.54) is 16.7 Å². The molecule has 2 rings (SSSR count). The Morgan fingerprint density at radius 2 is 1.68 bits per heavy atom. The molecule has 2 aliphatic rings. The van der Waals surface area contributed by atoms with Crippen LogP contribution in [0.15, 0.2) is 0 Å². The molecule has 0 aromatic heterocycles. The van der Waals surface area contributed by atoms with Crippen LogP contribution >= 0.6 is 0 Å². The molecule has 3 amide bonds. The van der Waals surface area contributed by atoms with E-state index in [4.69, 9.17) is 10.8 Å². The van der Waals surface area contributed by atoms with Gasteiger partial charge in [-0.25, -0.2) is 4.79 Å². The summed E-state index contributed by atoms with van der Waals surface area (Å²) in [5.74, 6) is -2.95. The molecule has 0 aliphatic carbocycles. The average molecular weight is 400 g/mol. The fourth-order valence-electron chi connectivity index (χ4n) is 3.68. The first-order valence-electron chi connectivity index (χ1n) is 9.37. The van der Waals surface area contributed by atoms with Crippen LogP contribution in [-0.2, 0) is 19.2 Å². The molecule has 2 heterocycles. The summed E-state index contributed by atoms with van der Waals surface area (Å²) in [5.41, 5.74) is 5.44. The lowest BCUT2D eigenvalue weighted by molar-refractivity contribution is -0.153. The predicted octanol–water partition coefficient (Wildman–Crippen LogP) is -2.76. The van der Waals surface area contributed by atoms with Gasteiger partial charge < -0.3 is 36.2 Å². The predicted molar refractivity (Wildman–Crippen MR) is 95.8 cm³/mol. The molecular weight excluding hydrogens is 372 g/mol. The van der Waals surface area contributed by atoms with Crippen molar-refractivity contribution < 1.29 is 34.5 Å². The first-order valence-corrected chi connectivity index (χ1v) is 9.37. The summed E-state index contributed by atoms with van der Waals surface area (Å²) in [7, 11) is 0. The van der Waals surface area contributed by atoms with Gasteiger partial charge in [0, 0.05) is 13.1 Å². The number of nitrogens with one attached hydrogen (secondary N) is 1. The fourth-order valence-corrected chi connectivity index (χ4v) is 3.68. The first-order chi connectivity index (χ1) is 13.2. The topological polar surface area (TPSA) is 174 Å². The lowest BCUT2D eigenvalue weighted by Gasteiger charge is -2.33. The molecule has 0 aromatic carbocycles. The number of carbonyl (C=O) groups excluding carboxylic acids is 3. The summed E-state index contributed by atoms with van der Waals surface area (Å²) in [6.45, 7) is 1.27. The van der Waals surface area contributed by atoms with Gasteiger partial charge in [0.2, 0.25) is 17.7 Å². The van der Waals surface area contributed by atoms with E-state index in [2.05, 4.69) is 5.32 Å². The number of carbonyl (C=O) groups is 4. The van der Waals surface area contributed by atoms with Crippen molar-refractivity contribution >= 4 is 23.7 Å². The van der Waals surface area contributed by atoms with Gasteiger partial charge in [-0.2, -0.15) is 0 Å². The molecule has 0 bridgehead atoms. The Kier molecular flexibility index (Phi) is 7.33. The Morgan fingerprint density at radius 3 is 2.21 bits per heavy atom. The van der Waals surface area contributed by atoms with Crippen molar-refractivity contribution in [3.05, 3.63) is 0 Å². The van der Waals surface area contributed by atoms with Crippen LogP contribution in [-0.4, -0.2) is 98.8 Å². The van der Waals surface area contributed by atoms with Gasteiger partial charge in [0.05, 0.1) is 12.7 Å². The molecule has 11 nitrogen and oxygen atoms in total. The Hall–Kier alpha value is -2.24. The van der Waals surface area contributed by atoms with Crippen molar-refractivity contribution in [2.24, 2.45) is 5.73 Å². The molecule has 0 aromatic rings. The number of aliphatic hydroxyl groups is 2. The van der Waals surface area contributed by atoms with Gasteiger partial charge >= 0.3 is 5.97 Å². The van der Waals surface area contributed by atoms with Crippen LogP contribution in [0.4, 0.5) is 0 Å². The van der Waals surface area contributed by atoms with E-state index in [-0.39, 0.29) is 6.54 Å². The van der Waals surface area contributed by atoms with Gasteiger partial charge in [-0.3, -0.25) is 14.4 Å². The van der Waals surface area contributed by atoms with Crippen LogP contribution in [0.2, 0.25) is 0 Å². The maximum absolute atomic E-state index is 12.9. The minimum atomic E-state index is -1.33. The third-order valence-corrected chi connectivity index (χ3v) is 5.22. The van der Waals surface area contributed by atoms with Crippen molar-refractivity contribution in [2.75, 3.05) is 19.7 Å². The maximum atomic E-state index is 12.9. The molecule has 0 spiro atoms. The molecule has 158 valence electrons. The number of nitrogens with two attached hydrogens (primary N) is 1. The quantitative estimate of drug-likeness (QED) is 0.305. The second-order valence-corrected chi connectivity index (χ2v) is 7.23. The third kappa shape index (κ3) is 4.59. The normalized spacial score (nSPS) is 25.3. The van der Waals surface area contributed by atoms with Gasteiger partial charge in [0.1, 0.15) is 24.2 Å². The largest absolute Gasteiger partial charge is 0.480 e. The number of amides is 3. The number of nitrogens with zero attached hydrogens (tertiary/aromatic N) is 2. The van der Waals surface area contributed by atoms with E-state index in [0.29, 0.717) is 32.2 Å². The number of hydrogen-bond donors (Lipinski definition) is 5. The highest BCUT2D eigenvalue weighted by Crippen LogP contribution is 2.25. The van der Waals surface area contributed by atoms with Crippen molar-refractivity contribution in [1.82, 2.24) is 15.1 Å². The second kappa shape index (κ2) is 9.30. The van der Waals surface area contributed by atoms with E-state index in [1.807, 2.05) is 0 Å². The van der Waals surface area contributed by atoms with E-state index < -0.39 is 60.6 Å². The summed E-state index contributed by atoms with van der Waals surface area (Å²) >= 11 is 0. The molecule has 2 aliphatic heterocycles. The molecule has 28 heavy (non-hydrogen) atoms. The van der Waals surface area contributed by atoms with Gasteiger partial charge in [-0.15, -0.1) is 0 Å². The Bertz CT molecular complexity index is 627. The summed E-state index contributed by atoms with van der Waals surface area (Å²) in [4.78, 5) is 51.7. The maximum Gasteiger partial charge on any atom is 0.326 e. The molecule has 0 radical (unpaired) electrons. The Balaban J connectivity index is 2.14. The lowest BCUT2D eigenvalue weighted by atomic mass is 10.1. The van der Waals surface area contributed by atoms with Crippen LogP contribution in [0.1, 0.15) is 32.6 Å². The summed E-state index contributed by atoms with van der Waals surface area (Å²) in [5, 5.41) is 30.5. The number of rotatable bonds is 7. The van der Waals surface area contributed by atoms with Gasteiger partial charge in [-0.1, -0.05) is 0 Å². The first kappa shape index (κ1) is 22.1. The van der Waals surface area contributed by atoms with E-state index in [0.717, 1.165) is 0 Å². The van der Waals surface area contributed by atoms with Gasteiger partial charge in [0.25, 0.3) is 0 Å². The van der Waals surface area contributed by atoms with Crippen LogP contribution in [0, 0.1) is 0 Å². The molecule has 0 unspecified atom stereocenters. The zero-order valence-electron chi connectivity index (χ0n) is 15.8. The second-order valence-electron chi connectivity index (χ2n) is 7.23. The highest BCUT2D eigenvalue weighted by atomic mass is 16.4. The zero-order chi connectivity index (χ0) is 21.0. The Morgan fingerprint density at radius 1 is 1.11 bits per heavy atom. The van der Waals surface area contributed by atoms with E-state index >= 15 is 0 Å². The van der Waals surface area contributed by atoms with Crippen molar-refractivity contribution in [3.8, 4) is 0 Å². The standard InChI is InChI=1S/C17H28N4O7/c1-9(23)13(19-14(24)10(18)8-22)16(26)20-6-2-4-11(20)15(25)21-7-3-5-12(21)17(27)28/h9-13,22-23H,2-8,18H2,1H3,(H,19,24)(H,27,28)/t9-,10+,11+,12+,13+/m1/s1. The van der Waals surface area contributed by atoms with Crippen LogP contribution in [0.5, 0.6) is 0 Å². The lowest BCUT2D eigenvalue weighted by Crippen LogP contribution is -2.59. The molecule has 5 atom stereocenters. The zero-order valence-corrected chi connectivity index (χ0v) is 15.8. The number of aliphatic hydroxyl groups excluding tert-OH is 2. The number of likely N-dealkylation sites (tertiary alicyclic amines) is 2. The summed E-state index contributed by atoms with van der Waals surface area (Å²) in [6.07, 6.45) is 0.619. The molecule has 6 N–H and O–H groups in total. The van der Waals surface area contributed by atoms with Crippen molar-refractivity contribution in [2.45, 2.75) is 62.9 Å².